The molecule has 1 aromatic carbocycles. The minimum Gasteiger partial charge on any atom is -0.483 e. The first-order valence-electron chi connectivity index (χ1n) is 7.04. The van der Waals surface area contributed by atoms with Gasteiger partial charge in [-0.2, -0.15) is 0 Å². The number of hydrogen-bond donors (Lipinski definition) is 1. The number of aryl methyl sites for hydroxylation is 1. The summed E-state index contributed by atoms with van der Waals surface area (Å²) in [6.45, 7) is 9.20. The number of nitrogens with one attached hydrogen (secondary N) is 1. The van der Waals surface area contributed by atoms with Gasteiger partial charge < -0.3 is 10.1 Å². The first kappa shape index (κ1) is 15.5. The van der Waals surface area contributed by atoms with Gasteiger partial charge in [0.2, 0.25) is 0 Å². The molecule has 0 saturated heterocycles. The molecule has 19 heavy (non-hydrogen) atoms. The lowest BCUT2D eigenvalue weighted by atomic mass is 10.0. The molecule has 0 heterocycles. The van der Waals surface area contributed by atoms with Crippen LogP contribution in [0.3, 0.4) is 0 Å². The van der Waals surface area contributed by atoms with Crippen LogP contribution in [0.25, 0.3) is 0 Å². The third-order valence-electron chi connectivity index (χ3n) is 3.09. The number of amides is 1. The molecule has 0 aliphatic heterocycles. The topological polar surface area (TPSA) is 38.3 Å². The predicted molar refractivity (Wildman–Crippen MR) is 78.7 cm³/mol. The SMILES string of the molecule is CCCCNC(=O)COc1cc(C(C)C)ccc1C. The van der Waals surface area contributed by atoms with Gasteiger partial charge in [-0.25, -0.2) is 0 Å². The smallest absolute Gasteiger partial charge is 0.257 e. The molecule has 0 atom stereocenters. The Hall–Kier alpha value is -1.51. The Labute approximate surface area is 116 Å². The molecule has 1 N–H and O–H groups in total. The van der Waals surface area contributed by atoms with E-state index >= 15 is 0 Å². The van der Waals surface area contributed by atoms with Crippen LogP contribution >= 0.6 is 0 Å². The second-order valence-corrected chi connectivity index (χ2v) is 5.17. The maximum atomic E-state index is 11.6. The Morgan fingerprint density at radius 3 is 2.74 bits per heavy atom. The lowest BCUT2D eigenvalue weighted by Crippen LogP contribution is -2.29. The second kappa shape index (κ2) is 7.82. The van der Waals surface area contributed by atoms with Crippen molar-refractivity contribution in [2.24, 2.45) is 0 Å². The Bertz CT molecular complexity index is 413. The molecule has 0 aliphatic rings. The van der Waals surface area contributed by atoms with Crippen molar-refractivity contribution in [2.75, 3.05) is 13.2 Å². The molecule has 3 heteroatoms. The maximum Gasteiger partial charge on any atom is 0.257 e. The van der Waals surface area contributed by atoms with E-state index in [1.807, 2.05) is 19.1 Å². The van der Waals surface area contributed by atoms with E-state index in [0.29, 0.717) is 5.92 Å². The van der Waals surface area contributed by atoms with Crippen LogP contribution in [0.1, 0.15) is 50.7 Å². The van der Waals surface area contributed by atoms with Gasteiger partial charge in [0.25, 0.3) is 5.91 Å². The van der Waals surface area contributed by atoms with Crippen LogP contribution < -0.4 is 10.1 Å². The molecule has 1 aromatic rings. The predicted octanol–water partition coefficient (Wildman–Crippen LogP) is 3.41. The van der Waals surface area contributed by atoms with E-state index in [1.165, 1.54) is 5.56 Å². The number of unbranched alkanes of at least 4 members (excludes halogenated alkanes) is 1. The van der Waals surface area contributed by atoms with Crippen LogP contribution in [-0.4, -0.2) is 19.1 Å². The lowest BCUT2D eigenvalue weighted by Gasteiger charge is -2.12. The fourth-order valence-electron chi connectivity index (χ4n) is 1.73. The molecule has 1 rings (SSSR count). The molecule has 0 unspecified atom stereocenters. The number of ether oxygens (including phenoxy) is 1. The van der Waals surface area contributed by atoms with Crippen molar-refractivity contribution >= 4 is 5.91 Å². The van der Waals surface area contributed by atoms with Gasteiger partial charge in [0, 0.05) is 6.54 Å². The molecular weight excluding hydrogens is 238 g/mol. The maximum absolute atomic E-state index is 11.6. The van der Waals surface area contributed by atoms with Crippen LogP contribution in [0.4, 0.5) is 0 Å². The number of carbonyl (C=O) groups excluding carboxylic acids is 1. The van der Waals surface area contributed by atoms with Gasteiger partial charge in [-0.05, 0) is 36.5 Å². The highest BCUT2D eigenvalue weighted by atomic mass is 16.5. The highest BCUT2D eigenvalue weighted by Crippen LogP contribution is 2.24. The molecule has 0 aromatic heterocycles. The molecule has 3 nitrogen and oxygen atoms in total. The minimum atomic E-state index is -0.0530. The molecular formula is C16H25NO2. The van der Waals surface area contributed by atoms with Crippen LogP contribution in [0.2, 0.25) is 0 Å². The normalized spacial score (nSPS) is 10.6. The Morgan fingerprint density at radius 2 is 2.11 bits per heavy atom. The summed E-state index contributed by atoms with van der Waals surface area (Å²) < 4.78 is 5.61. The zero-order valence-electron chi connectivity index (χ0n) is 12.5. The van der Waals surface area contributed by atoms with E-state index in [2.05, 4.69) is 32.2 Å². The fraction of sp³-hybridized carbons (Fsp3) is 0.562. The number of benzene rings is 1. The molecule has 106 valence electrons. The van der Waals surface area contributed by atoms with E-state index in [0.717, 1.165) is 30.7 Å². The van der Waals surface area contributed by atoms with Crippen molar-refractivity contribution in [3.8, 4) is 5.75 Å². The second-order valence-electron chi connectivity index (χ2n) is 5.17. The Kier molecular flexibility index (Phi) is 6.40. The summed E-state index contributed by atoms with van der Waals surface area (Å²) in [5, 5.41) is 2.85. The van der Waals surface area contributed by atoms with E-state index in [9.17, 15) is 4.79 Å². The van der Waals surface area contributed by atoms with E-state index in [4.69, 9.17) is 4.74 Å². The van der Waals surface area contributed by atoms with Crippen molar-refractivity contribution in [1.29, 1.82) is 0 Å². The third-order valence-corrected chi connectivity index (χ3v) is 3.09. The first-order valence-corrected chi connectivity index (χ1v) is 7.04. The van der Waals surface area contributed by atoms with Crippen molar-refractivity contribution in [3.63, 3.8) is 0 Å². The summed E-state index contributed by atoms with van der Waals surface area (Å²) in [7, 11) is 0. The summed E-state index contributed by atoms with van der Waals surface area (Å²) in [5.74, 6) is 1.21. The van der Waals surface area contributed by atoms with Crippen molar-refractivity contribution in [2.45, 2.75) is 46.5 Å². The lowest BCUT2D eigenvalue weighted by molar-refractivity contribution is -0.123. The van der Waals surface area contributed by atoms with Gasteiger partial charge in [-0.1, -0.05) is 39.3 Å². The van der Waals surface area contributed by atoms with E-state index < -0.39 is 0 Å². The average molecular weight is 263 g/mol. The molecule has 0 spiro atoms. The zero-order chi connectivity index (χ0) is 14.3. The van der Waals surface area contributed by atoms with Crippen molar-refractivity contribution in [3.05, 3.63) is 29.3 Å². The Balaban J connectivity index is 2.52. The number of carbonyl (C=O) groups is 1. The largest absolute Gasteiger partial charge is 0.483 e. The average Bonchev–Trinajstić information content (AvgIpc) is 2.37. The van der Waals surface area contributed by atoms with Gasteiger partial charge in [0.1, 0.15) is 5.75 Å². The van der Waals surface area contributed by atoms with Crippen molar-refractivity contribution in [1.82, 2.24) is 5.32 Å². The summed E-state index contributed by atoms with van der Waals surface area (Å²) in [6.07, 6.45) is 2.09. The van der Waals surface area contributed by atoms with E-state index in [1.54, 1.807) is 0 Å². The van der Waals surface area contributed by atoms with Gasteiger partial charge in [-0.15, -0.1) is 0 Å². The minimum absolute atomic E-state index is 0.0530. The first-order chi connectivity index (χ1) is 9.04. The molecule has 0 saturated carbocycles. The molecule has 1 amide bonds. The summed E-state index contributed by atoms with van der Waals surface area (Å²) in [4.78, 5) is 11.6. The highest BCUT2D eigenvalue weighted by Gasteiger charge is 2.07. The van der Waals surface area contributed by atoms with Crippen LogP contribution in [0.15, 0.2) is 18.2 Å². The molecule has 0 bridgehead atoms. The van der Waals surface area contributed by atoms with Gasteiger partial charge >= 0.3 is 0 Å². The number of rotatable bonds is 7. The molecule has 0 fully saturated rings. The third kappa shape index (κ3) is 5.33. The summed E-state index contributed by atoms with van der Waals surface area (Å²) >= 11 is 0. The fourth-order valence-corrected chi connectivity index (χ4v) is 1.73. The van der Waals surface area contributed by atoms with Crippen LogP contribution in [0, 0.1) is 6.92 Å². The standard InChI is InChI=1S/C16H25NO2/c1-5-6-9-17-16(18)11-19-15-10-14(12(2)3)8-7-13(15)4/h7-8,10,12H,5-6,9,11H2,1-4H3,(H,17,18). The van der Waals surface area contributed by atoms with Crippen LogP contribution in [0.5, 0.6) is 5.75 Å². The monoisotopic (exact) mass is 263 g/mol. The molecule has 0 aliphatic carbocycles. The number of hydrogen-bond acceptors (Lipinski definition) is 2. The van der Waals surface area contributed by atoms with Crippen molar-refractivity contribution < 1.29 is 9.53 Å². The van der Waals surface area contributed by atoms with Gasteiger partial charge in [-0.3, -0.25) is 4.79 Å². The van der Waals surface area contributed by atoms with Gasteiger partial charge in [0.15, 0.2) is 6.61 Å². The Morgan fingerprint density at radius 1 is 1.37 bits per heavy atom. The van der Waals surface area contributed by atoms with E-state index in [-0.39, 0.29) is 12.5 Å². The highest BCUT2D eigenvalue weighted by molar-refractivity contribution is 5.77. The van der Waals surface area contributed by atoms with Gasteiger partial charge in [0.05, 0.1) is 0 Å². The van der Waals surface area contributed by atoms with Crippen LogP contribution in [-0.2, 0) is 4.79 Å². The quantitative estimate of drug-likeness (QED) is 0.766. The zero-order valence-corrected chi connectivity index (χ0v) is 12.5. The summed E-state index contributed by atoms with van der Waals surface area (Å²) in [5.41, 5.74) is 2.29. The molecule has 0 radical (unpaired) electrons. The summed E-state index contributed by atoms with van der Waals surface area (Å²) in [6, 6.07) is 6.17.